The van der Waals surface area contributed by atoms with Crippen molar-refractivity contribution in [3.05, 3.63) is 60.7 Å². The standard InChI is InChI=1S/C20H16F6N4O4S3/c1-29(17(31)33-27-15(19(21,22)23)35-13-9-5-3-6-10-13)37-30(2)18(32)34-28-16(20(24,25)26)36-14-11-7-4-8-12-14/h3-12H,1-2H3. The van der Waals surface area contributed by atoms with E-state index in [1.165, 1.54) is 48.5 Å². The summed E-state index contributed by atoms with van der Waals surface area (Å²) in [6, 6.07) is 14.8. The molecule has 2 aromatic carbocycles. The smallest absolute Gasteiger partial charge is 0.296 e. The summed E-state index contributed by atoms with van der Waals surface area (Å²) >= 11 is 0.663. The molecule has 2 rings (SSSR count). The highest BCUT2D eigenvalue weighted by molar-refractivity contribution is 8.14. The van der Waals surface area contributed by atoms with Gasteiger partial charge in [0.2, 0.25) is 10.1 Å². The summed E-state index contributed by atoms with van der Waals surface area (Å²) in [4.78, 5) is 33.0. The van der Waals surface area contributed by atoms with E-state index in [0.29, 0.717) is 8.61 Å². The van der Waals surface area contributed by atoms with E-state index in [1.807, 2.05) is 0 Å². The van der Waals surface area contributed by atoms with Gasteiger partial charge in [-0.2, -0.15) is 26.3 Å². The van der Waals surface area contributed by atoms with Gasteiger partial charge in [0.25, 0.3) is 0 Å². The van der Waals surface area contributed by atoms with Gasteiger partial charge >= 0.3 is 24.5 Å². The topological polar surface area (TPSA) is 83.8 Å². The number of amides is 2. The van der Waals surface area contributed by atoms with Gasteiger partial charge in [0.1, 0.15) is 0 Å². The predicted molar refractivity (Wildman–Crippen MR) is 128 cm³/mol. The van der Waals surface area contributed by atoms with Crippen LogP contribution in [0.4, 0.5) is 35.9 Å². The minimum absolute atomic E-state index is 0.184. The number of nitrogens with zero attached hydrogens (tertiary/aromatic N) is 4. The molecule has 2 aromatic rings. The van der Waals surface area contributed by atoms with Gasteiger partial charge in [0, 0.05) is 23.9 Å². The van der Waals surface area contributed by atoms with Crippen molar-refractivity contribution in [2.75, 3.05) is 14.1 Å². The Hall–Kier alpha value is -3.05. The minimum atomic E-state index is -4.93. The average molecular weight is 587 g/mol. The van der Waals surface area contributed by atoms with E-state index in [9.17, 15) is 35.9 Å². The fraction of sp³-hybridized carbons (Fsp3) is 0.200. The van der Waals surface area contributed by atoms with E-state index in [4.69, 9.17) is 0 Å². The van der Waals surface area contributed by atoms with Crippen LogP contribution in [-0.2, 0) is 9.68 Å². The summed E-state index contributed by atoms with van der Waals surface area (Å²) in [5.41, 5.74) is 0. The van der Waals surface area contributed by atoms with E-state index < -0.39 is 34.6 Å². The van der Waals surface area contributed by atoms with Crippen LogP contribution in [0.15, 0.2) is 80.8 Å². The van der Waals surface area contributed by atoms with Crippen molar-refractivity contribution >= 4 is 57.9 Å². The largest absolute Gasteiger partial charge is 0.447 e. The van der Waals surface area contributed by atoms with E-state index >= 15 is 0 Å². The van der Waals surface area contributed by atoms with Crippen LogP contribution in [0.25, 0.3) is 0 Å². The molecule has 0 fully saturated rings. The summed E-state index contributed by atoms with van der Waals surface area (Å²) in [6.07, 6.45) is -12.7. The molecule has 37 heavy (non-hydrogen) atoms. The highest BCUT2D eigenvalue weighted by atomic mass is 32.2. The van der Waals surface area contributed by atoms with Crippen LogP contribution >= 0.6 is 35.7 Å². The minimum Gasteiger partial charge on any atom is -0.296 e. The fourth-order valence-corrected chi connectivity index (χ4v) is 3.96. The second-order valence-electron chi connectivity index (χ2n) is 6.41. The molecule has 0 saturated carbocycles. The number of alkyl halides is 6. The third kappa shape index (κ3) is 10.5. The van der Waals surface area contributed by atoms with Crippen LogP contribution in [0.1, 0.15) is 0 Å². The second-order valence-corrected chi connectivity index (χ2v) is 9.79. The lowest BCUT2D eigenvalue weighted by atomic mass is 10.4. The van der Waals surface area contributed by atoms with E-state index in [0.717, 1.165) is 14.1 Å². The van der Waals surface area contributed by atoms with Gasteiger partial charge in [-0.3, -0.25) is 9.68 Å². The molecular formula is C20H16F6N4O4S3. The van der Waals surface area contributed by atoms with Crippen molar-refractivity contribution in [3.8, 4) is 0 Å². The lowest BCUT2D eigenvalue weighted by Crippen LogP contribution is -2.30. The highest BCUT2D eigenvalue weighted by Crippen LogP contribution is 2.32. The monoisotopic (exact) mass is 586 g/mol. The molecule has 0 aromatic heterocycles. The predicted octanol–water partition coefficient (Wildman–Crippen LogP) is 7.02. The molecule has 0 N–H and O–H groups in total. The zero-order valence-corrected chi connectivity index (χ0v) is 21.1. The molecule has 8 nitrogen and oxygen atoms in total. The number of hydrogen-bond donors (Lipinski definition) is 0. The summed E-state index contributed by atoms with van der Waals surface area (Å²) in [6.45, 7) is 0. The average Bonchev–Trinajstić information content (AvgIpc) is 2.83. The highest BCUT2D eigenvalue weighted by Gasteiger charge is 2.39. The maximum atomic E-state index is 13.2. The number of benzene rings is 2. The Morgan fingerprint density at radius 1 is 0.676 bits per heavy atom. The lowest BCUT2D eigenvalue weighted by molar-refractivity contribution is -0.0585. The van der Waals surface area contributed by atoms with Gasteiger partial charge in [0.05, 0.1) is 12.1 Å². The van der Waals surface area contributed by atoms with Crippen molar-refractivity contribution in [1.82, 2.24) is 8.61 Å². The number of rotatable bonds is 6. The Morgan fingerprint density at radius 2 is 1.00 bits per heavy atom. The molecule has 0 heterocycles. The van der Waals surface area contributed by atoms with Gasteiger partial charge in [-0.1, -0.05) is 70.2 Å². The molecule has 0 atom stereocenters. The van der Waals surface area contributed by atoms with E-state index in [-0.39, 0.29) is 45.4 Å². The quantitative estimate of drug-likeness (QED) is 0.0684. The Bertz CT molecular complexity index is 1030. The van der Waals surface area contributed by atoms with Crippen LogP contribution in [0, 0.1) is 0 Å². The van der Waals surface area contributed by atoms with Crippen molar-refractivity contribution in [2.24, 2.45) is 10.3 Å². The van der Waals surface area contributed by atoms with Gasteiger partial charge in [-0.15, -0.1) is 0 Å². The van der Waals surface area contributed by atoms with Crippen LogP contribution in [0.5, 0.6) is 0 Å². The summed E-state index contributed by atoms with van der Waals surface area (Å²) < 4.78 is 80.4. The summed E-state index contributed by atoms with van der Waals surface area (Å²) in [7, 11) is 2.03. The van der Waals surface area contributed by atoms with E-state index in [2.05, 4.69) is 20.0 Å². The number of hydrogen-bond acceptors (Lipinski definition) is 9. The lowest BCUT2D eigenvalue weighted by Gasteiger charge is -2.19. The number of carbonyl (C=O) groups excluding carboxylic acids is 2. The van der Waals surface area contributed by atoms with Crippen molar-refractivity contribution in [1.29, 1.82) is 0 Å². The van der Waals surface area contributed by atoms with Gasteiger partial charge in [-0.25, -0.2) is 18.2 Å². The molecule has 2 amide bonds. The molecule has 0 aliphatic heterocycles. The molecule has 0 aliphatic rings. The van der Waals surface area contributed by atoms with Crippen LogP contribution in [0.3, 0.4) is 0 Å². The number of carbonyl (C=O) groups is 2. The maximum absolute atomic E-state index is 13.2. The first kappa shape index (κ1) is 30.2. The third-order valence-electron chi connectivity index (χ3n) is 3.57. The molecule has 200 valence electrons. The Morgan fingerprint density at radius 3 is 1.30 bits per heavy atom. The van der Waals surface area contributed by atoms with E-state index in [1.54, 1.807) is 12.1 Å². The zero-order chi connectivity index (χ0) is 27.6. The maximum Gasteiger partial charge on any atom is 0.447 e. The van der Waals surface area contributed by atoms with Crippen LogP contribution in [0.2, 0.25) is 0 Å². The SMILES string of the molecule is CN(SN(C)C(=O)ON=C(Sc1ccccc1)C(F)(F)F)C(=O)ON=C(Sc1ccccc1)C(F)(F)F. The number of thioether (sulfide) groups is 2. The Labute approximate surface area is 219 Å². The molecule has 17 heteroatoms. The molecule has 0 aliphatic carbocycles. The van der Waals surface area contributed by atoms with Crippen molar-refractivity contribution in [3.63, 3.8) is 0 Å². The normalized spacial score (nSPS) is 12.6. The molecule has 0 unspecified atom stereocenters. The summed E-state index contributed by atoms with van der Waals surface area (Å²) in [5.74, 6) is 0. The van der Waals surface area contributed by atoms with Gasteiger partial charge in [0.15, 0.2) is 0 Å². The van der Waals surface area contributed by atoms with Crippen molar-refractivity contribution < 1.29 is 45.6 Å². The number of oxime groups is 2. The van der Waals surface area contributed by atoms with Crippen LogP contribution < -0.4 is 0 Å². The van der Waals surface area contributed by atoms with Crippen molar-refractivity contribution in [2.45, 2.75) is 22.1 Å². The number of halogens is 6. The molecular weight excluding hydrogens is 570 g/mol. The first-order valence-corrected chi connectivity index (χ1v) is 12.0. The third-order valence-corrected chi connectivity index (χ3v) is 6.38. The van der Waals surface area contributed by atoms with Gasteiger partial charge in [-0.05, 0) is 24.3 Å². The van der Waals surface area contributed by atoms with Crippen LogP contribution in [-0.4, -0.2) is 57.3 Å². The van der Waals surface area contributed by atoms with Gasteiger partial charge < -0.3 is 0 Å². The Balaban J connectivity index is 1.98. The zero-order valence-electron chi connectivity index (χ0n) is 18.7. The molecule has 0 saturated heterocycles. The Kier molecular flexibility index (Phi) is 11.0. The summed E-state index contributed by atoms with van der Waals surface area (Å²) in [5, 5.41) is 2.77. The first-order valence-electron chi connectivity index (χ1n) is 9.61. The first-order chi connectivity index (χ1) is 17.3. The second kappa shape index (κ2) is 13.5. The fourth-order valence-electron chi connectivity index (χ4n) is 1.98. The molecule has 0 spiro atoms. The molecule has 0 bridgehead atoms. The molecule has 0 radical (unpaired) electrons.